The van der Waals surface area contributed by atoms with E-state index in [4.69, 9.17) is 9.47 Å². The van der Waals surface area contributed by atoms with Crippen molar-refractivity contribution in [2.75, 3.05) is 6.61 Å². The molecule has 1 aromatic rings. The Kier molecular flexibility index (Phi) is 3.50. The first-order chi connectivity index (χ1) is 8.86. The molecule has 3 nitrogen and oxygen atoms in total. The molecule has 1 unspecified atom stereocenters. The normalized spacial score (nSPS) is 26.3. The first-order valence-electron chi connectivity index (χ1n) is 7.07. The van der Waals surface area contributed by atoms with Crippen molar-refractivity contribution in [1.29, 1.82) is 0 Å². The molecule has 0 N–H and O–H groups in total. The smallest absolute Gasteiger partial charge is 0.137 e. The van der Waals surface area contributed by atoms with E-state index in [0.29, 0.717) is 6.61 Å². The lowest BCUT2D eigenvalue weighted by molar-refractivity contribution is -0.0748. The average Bonchev–Trinajstić information content (AvgIpc) is 2.82. The topological polar surface area (TPSA) is 31.4 Å². The highest BCUT2D eigenvalue weighted by atomic mass is 16.6. The minimum atomic E-state index is 0.196. The number of ether oxygens (including phenoxy) is 2. The average molecular weight is 247 g/mol. The Labute approximate surface area is 109 Å². The Hall–Kier alpha value is -1.09. The predicted octanol–water partition coefficient (Wildman–Crippen LogP) is 3.34. The molecule has 3 rings (SSSR count). The maximum Gasteiger partial charge on any atom is 0.137 e. The second-order valence-electron chi connectivity index (χ2n) is 5.52. The van der Waals surface area contributed by atoms with Crippen molar-refractivity contribution < 1.29 is 9.47 Å². The summed E-state index contributed by atoms with van der Waals surface area (Å²) in [6, 6.07) is 3.84. The molecule has 18 heavy (non-hydrogen) atoms. The van der Waals surface area contributed by atoms with Crippen molar-refractivity contribution in [3.63, 3.8) is 0 Å². The summed E-state index contributed by atoms with van der Waals surface area (Å²) in [6.07, 6.45) is 12.7. The fourth-order valence-corrected chi connectivity index (χ4v) is 3.20. The van der Waals surface area contributed by atoms with Gasteiger partial charge in [-0.2, -0.15) is 0 Å². The number of hydrogen-bond acceptors (Lipinski definition) is 3. The number of hydrogen-bond donors (Lipinski definition) is 0. The molecule has 0 radical (unpaired) electrons. The van der Waals surface area contributed by atoms with Gasteiger partial charge in [-0.25, -0.2) is 0 Å². The Balaban J connectivity index is 1.50. The molecule has 1 atom stereocenters. The van der Waals surface area contributed by atoms with Gasteiger partial charge in [0.15, 0.2) is 0 Å². The molecule has 2 heterocycles. The quantitative estimate of drug-likeness (QED) is 0.821. The van der Waals surface area contributed by atoms with Crippen LogP contribution in [0.2, 0.25) is 0 Å². The van der Waals surface area contributed by atoms with Gasteiger partial charge in [0, 0.05) is 6.20 Å². The molecule has 0 aromatic carbocycles. The van der Waals surface area contributed by atoms with Crippen LogP contribution < -0.4 is 4.74 Å². The fourth-order valence-electron chi connectivity index (χ4n) is 3.20. The van der Waals surface area contributed by atoms with Crippen LogP contribution in [0.3, 0.4) is 0 Å². The molecule has 1 spiro atoms. The van der Waals surface area contributed by atoms with E-state index in [1.54, 1.807) is 12.4 Å². The zero-order valence-corrected chi connectivity index (χ0v) is 10.8. The summed E-state index contributed by atoms with van der Waals surface area (Å²) in [4.78, 5) is 4.05. The summed E-state index contributed by atoms with van der Waals surface area (Å²) in [6.45, 7) is 0.660. The molecule has 2 fully saturated rings. The zero-order chi connectivity index (χ0) is 12.3. The van der Waals surface area contributed by atoms with Gasteiger partial charge in [-0.05, 0) is 37.8 Å². The Morgan fingerprint density at radius 1 is 1.28 bits per heavy atom. The zero-order valence-electron chi connectivity index (χ0n) is 10.8. The van der Waals surface area contributed by atoms with E-state index in [1.165, 1.54) is 38.5 Å². The monoisotopic (exact) mass is 247 g/mol. The van der Waals surface area contributed by atoms with Crippen LogP contribution in [0.5, 0.6) is 5.75 Å². The molecule has 0 amide bonds. The van der Waals surface area contributed by atoms with Gasteiger partial charge in [0.05, 0.1) is 17.9 Å². The van der Waals surface area contributed by atoms with E-state index in [-0.39, 0.29) is 11.7 Å². The van der Waals surface area contributed by atoms with Crippen LogP contribution in [0.4, 0.5) is 0 Å². The predicted molar refractivity (Wildman–Crippen MR) is 69.7 cm³/mol. The largest absolute Gasteiger partial charge is 0.489 e. The summed E-state index contributed by atoms with van der Waals surface area (Å²) in [5.74, 6) is 0.839. The molecule has 1 aliphatic heterocycles. The lowest BCUT2D eigenvalue weighted by Crippen LogP contribution is -2.32. The van der Waals surface area contributed by atoms with Crippen LogP contribution in [0, 0.1) is 0 Å². The number of rotatable bonds is 3. The van der Waals surface area contributed by atoms with Crippen molar-refractivity contribution >= 4 is 0 Å². The van der Waals surface area contributed by atoms with Gasteiger partial charge in [-0.1, -0.05) is 19.3 Å². The van der Waals surface area contributed by atoms with E-state index >= 15 is 0 Å². The highest BCUT2D eigenvalue weighted by molar-refractivity contribution is 5.15. The van der Waals surface area contributed by atoms with E-state index in [9.17, 15) is 0 Å². The van der Waals surface area contributed by atoms with Crippen molar-refractivity contribution in [2.45, 2.75) is 56.7 Å². The molecule has 1 aliphatic carbocycles. The minimum absolute atomic E-state index is 0.196. The Bertz CT molecular complexity index is 373. The van der Waals surface area contributed by atoms with Crippen molar-refractivity contribution in [1.82, 2.24) is 4.98 Å². The second kappa shape index (κ2) is 5.27. The highest BCUT2D eigenvalue weighted by Gasteiger charge is 2.40. The van der Waals surface area contributed by atoms with Crippen LogP contribution in [0.25, 0.3) is 0 Å². The molecule has 1 saturated heterocycles. The van der Waals surface area contributed by atoms with Crippen molar-refractivity contribution in [3.05, 3.63) is 24.5 Å². The van der Waals surface area contributed by atoms with E-state index < -0.39 is 0 Å². The van der Waals surface area contributed by atoms with Crippen LogP contribution in [0.15, 0.2) is 24.5 Å². The lowest BCUT2D eigenvalue weighted by Gasteiger charge is -2.33. The first-order valence-corrected chi connectivity index (χ1v) is 7.07. The molecule has 3 heteroatoms. The van der Waals surface area contributed by atoms with Gasteiger partial charge >= 0.3 is 0 Å². The standard InChI is InChI=1S/C15H21NO2/c1-2-7-15(8-3-1)9-6-14(18-15)12-17-13-5-4-10-16-11-13/h4-5,10-11,14H,1-3,6-9,12H2. The molecule has 1 aromatic heterocycles. The number of nitrogens with zero attached hydrogens (tertiary/aromatic N) is 1. The summed E-state index contributed by atoms with van der Waals surface area (Å²) in [5, 5.41) is 0. The van der Waals surface area contributed by atoms with Gasteiger partial charge in [-0.15, -0.1) is 0 Å². The third kappa shape index (κ3) is 2.66. The number of aromatic nitrogens is 1. The van der Waals surface area contributed by atoms with Crippen molar-refractivity contribution in [2.24, 2.45) is 0 Å². The Morgan fingerprint density at radius 2 is 2.17 bits per heavy atom. The Morgan fingerprint density at radius 3 is 2.94 bits per heavy atom. The molecular formula is C15H21NO2. The van der Waals surface area contributed by atoms with Crippen LogP contribution >= 0.6 is 0 Å². The first kappa shape index (κ1) is 12.0. The highest BCUT2D eigenvalue weighted by Crippen LogP contribution is 2.41. The third-order valence-corrected chi connectivity index (χ3v) is 4.17. The second-order valence-corrected chi connectivity index (χ2v) is 5.52. The SMILES string of the molecule is c1cncc(OCC2CCC3(CCCCC3)O2)c1. The van der Waals surface area contributed by atoms with Gasteiger partial charge in [-0.3, -0.25) is 4.98 Å². The van der Waals surface area contributed by atoms with E-state index in [2.05, 4.69) is 4.98 Å². The number of pyridine rings is 1. The van der Waals surface area contributed by atoms with Gasteiger partial charge in [0.25, 0.3) is 0 Å². The van der Waals surface area contributed by atoms with Gasteiger partial charge in [0.2, 0.25) is 0 Å². The van der Waals surface area contributed by atoms with E-state index in [1.807, 2.05) is 12.1 Å². The summed E-state index contributed by atoms with van der Waals surface area (Å²) in [5.41, 5.74) is 0.196. The van der Waals surface area contributed by atoms with Crippen molar-refractivity contribution in [3.8, 4) is 5.75 Å². The lowest BCUT2D eigenvalue weighted by atomic mass is 9.83. The minimum Gasteiger partial charge on any atom is -0.489 e. The van der Waals surface area contributed by atoms with E-state index in [0.717, 1.165) is 12.2 Å². The molecule has 1 saturated carbocycles. The van der Waals surface area contributed by atoms with Crippen LogP contribution in [0.1, 0.15) is 44.9 Å². The molecule has 2 aliphatic rings. The third-order valence-electron chi connectivity index (χ3n) is 4.17. The summed E-state index contributed by atoms with van der Waals surface area (Å²) >= 11 is 0. The summed E-state index contributed by atoms with van der Waals surface area (Å²) in [7, 11) is 0. The maximum atomic E-state index is 6.27. The fraction of sp³-hybridized carbons (Fsp3) is 0.667. The molecule has 0 bridgehead atoms. The van der Waals surface area contributed by atoms with Gasteiger partial charge in [0.1, 0.15) is 12.4 Å². The molecular weight excluding hydrogens is 226 g/mol. The van der Waals surface area contributed by atoms with Gasteiger partial charge < -0.3 is 9.47 Å². The molecule has 98 valence electrons. The van der Waals surface area contributed by atoms with Crippen LogP contribution in [-0.4, -0.2) is 23.3 Å². The maximum absolute atomic E-state index is 6.27. The van der Waals surface area contributed by atoms with Crippen LogP contribution in [-0.2, 0) is 4.74 Å². The summed E-state index contributed by atoms with van der Waals surface area (Å²) < 4.78 is 12.0.